The average molecular weight is 354 g/mol. The molecular formula is C21H26N2O3. The van der Waals surface area contributed by atoms with Gasteiger partial charge in [-0.25, -0.2) is 0 Å². The first-order chi connectivity index (χ1) is 12.7. The maximum Gasteiger partial charge on any atom is 0.257 e. The molecule has 0 unspecified atom stereocenters. The average Bonchev–Trinajstić information content (AvgIpc) is 2.72. The van der Waals surface area contributed by atoms with Crippen LogP contribution in [0.1, 0.15) is 15.9 Å². The van der Waals surface area contributed by atoms with E-state index in [4.69, 9.17) is 9.47 Å². The zero-order valence-electron chi connectivity index (χ0n) is 15.5. The third-order valence-electron chi connectivity index (χ3n) is 4.86. The fraction of sp³-hybridized carbons (Fsp3) is 0.381. The van der Waals surface area contributed by atoms with Crippen LogP contribution in [0.4, 0.5) is 0 Å². The summed E-state index contributed by atoms with van der Waals surface area (Å²) in [7, 11) is 3.18. The summed E-state index contributed by atoms with van der Waals surface area (Å²) in [5, 5.41) is 0. The van der Waals surface area contributed by atoms with Gasteiger partial charge in [-0.3, -0.25) is 9.69 Å². The van der Waals surface area contributed by atoms with Crippen LogP contribution in [0.25, 0.3) is 0 Å². The van der Waals surface area contributed by atoms with Crippen LogP contribution in [-0.2, 0) is 6.42 Å². The smallest absolute Gasteiger partial charge is 0.257 e. The first kappa shape index (κ1) is 18.3. The van der Waals surface area contributed by atoms with Gasteiger partial charge in [0.15, 0.2) is 0 Å². The maximum atomic E-state index is 12.9. The van der Waals surface area contributed by atoms with Crippen molar-refractivity contribution in [2.45, 2.75) is 6.42 Å². The monoisotopic (exact) mass is 354 g/mol. The zero-order chi connectivity index (χ0) is 18.4. The molecule has 2 aromatic carbocycles. The van der Waals surface area contributed by atoms with Gasteiger partial charge in [0.2, 0.25) is 0 Å². The highest BCUT2D eigenvalue weighted by atomic mass is 16.5. The highest BCUT2D eigenvalue weighted by Gasteiger charge is 2.24. The molecule has 1 amide bonds. The van der Waals surface area contributed by atoms with Gasteiger partial charge in [-0.1, -0.05) is 30.3 Å². The van der Waals surface area contributed by atoms with E-state index in [0.29, 0.717) is 17.1 Å². The molecule has 0 spiro atoms. The molecule has 2 aromatic rings. The number of ether oxygens (including phenoxy) is 2. The summed E-state index contributed by atoms with van der Waals surface area (Å²) in [4.78, 5) is 17.2. The van der Waals surface area contributed by atoms with Crippen LogP contribution in [0.2, 0.25) is 0 Å². The van der Waals surface area contributed by atoms with Gasteiger partial charge in [-0.05, 0) is 24.1 Å². The largest absolute Gasteiger partial charge is 0.497 e. The zero-order valence-corrected chi connectivity index (χ0v) is 15.5. The van der Waals surface area contributed by atoms with Gasteiger partial charge in [0, 0.05) is 38.8 Å². The Morgan fingerprint density at radius 1 is 0.962 bits per heavy atom. The Morgan fingerprint density at radius 2 is 1.69 bits per heavy atom. The molecule has 26 heavy (non-hydrogen) atoms. The van der Waals surface area contributed by atoms with Crippen molar-refractivity contribution >= 4 is 5.91 Å². The predicted molar refractivity (Wildman–Crippen MR) is 102 cm³/mol. The van der Waals surface area contributed by atoms with Gasteiger partial charge >= 0.3 is 0 Å². The molecule has 0 atom stereocenters. The second-order valence-electron chi connectivity index (χ2n) is 6.44. The minimum Gasteiger partial charge on any atom is -0.497 e. The summed E-state index contributed by atoms with van der Waals surface area (Å²) in [5.74, 6) is 1.26. The normalized spacial score (nSPS) is 14.9. The molecular weight excluding hydrogens is 328 g/mol. The first-order valence-electron chi connectivity index (χ1n) is 8.99. The van der Waals surface area contributed by atoms with Crippen LogP contribution in [0.15, 0.2) is 48.5 Å². The molecule has 5 heteroatoms. The lowest BCUT2D eigenvalue weighted by molar-refractivity contribution is 0.0635. The SMILES string of the molecule is COc1ccc(C(=O)N2CCN(CCc3ccccc3)CC2)c(OC)c1. The third-order valence-corrected chi connectivity index (χ3v) is 4.86. The quantitative estimate of drug-likeness (QED) is 0.800. The van der Waals surface area contributed by atoms with Gasteiger partial charge < -0.3 is 14.4 Å². The van der Waals surface area contributed by atoms with Crippen LogP contribution in [0.3, 0.4) is 0 Å². The Kier molecular flexibility index (Phi) is 6.12. The van der Waals surface area contributed by atoms with E-state index in [0.717, 1.165) is 39.1 Å². The van der Waals surface area contributed by atoms with Crippen molar-refractivity contribution in [2.24, 2.45) is 0 Å². The second-order valence-corrected chi connectivity index (χ2v) is 6.44. The summed E-state index contributed by atoms with van der Waals surface area (Å²) in [6.07, 6.45) is 1.04. The Hall–Kier alpha value is -2.53. The molecule has 5 nitrogen and oxygen atoms in total. The van der Waals surface area contributed by atoms with Crippen LogP contribution >= 0.6 is 0 Å². The van der Waals surface area contributed by atoms with Gasteiger partial charge in [0.1, 0.15) is 11.5 Å². The fourth-order valence-electron chi connectivity index (χ4n) is 3.25. The number of amides is 1. The van der Waals surface area contributed by atoms with Gasteiger partial charge in [0.05, 0.1) is 19.8 Å². The van der Waals surface area contributed by atoms with Crippen molar-refractivity contribution in [2.75, 3.05) is 46.9 Å². The van der Waals surface area contributed by atoms with E-state index < -0.39 is 0 Å². The van der Waals surface area contributed by atoms with Gasteiger partial charge in [-0.2, -0.15) is 0 Å². The van der Waals surface area contributed by atoms with Crippen LogP contribution in [0.5, 0.6) is 11.5 Å². The van der Waals surface area contributed by atoms with Crippen molar-refractivity contribution in [3.8, 4) is 11.5 Å². The second kappa shape index (κ2) is 8.72. The van der Waals surface area contributed by atoms with Crippen LogP contribution < -0.4 is 9.47 Å². The number of benzene rings is 2. The molecule has 0 bridgehead atoms. The van der Waals surface area contributed by atoms with E-state index in [2.05, 4.69) is 29.2 Å². The summed E-state index contributed by atoms with van der Waals surface area (Å²) >= 11 is 0. The molecule has 1 aliphatic heterocycles. The molecule has 138 valence electrons. The maximum absolute atomic E-state index is 12.9. The van der Waals surface area contributed by atoms with Crippen molar-refractivity contribution in [3.63, 3.8) is 0 Å². The molecule has 3 rings (SSSR count). The Bertz CT molecular complexity index is 725. The first-order valence-corrected chi connectivity index (χ1v) is 8.99. The summed E-state index contributed by atoms with van der Waals surface area (Å²) in [5.41, 5.74) is 1.94. The van der Waals surface area contributed by atoms with Crippen LogP contribution in [0, 0.1) is 0 Å². The molecule has 0 saturated carbocycles. The molecule has 0 aliphatic carbocycles. The van der Waals surface area contributed by atoms with Crippen molar-refractivity contribution in [1.82, 2.24) is 9.80 Å². The number of carbonyl (C=O) groups excluding carboxylic acids is 1. The van der Waals surface area contributed by atoms with E-state index in [1.165, 1.54) is 5.56 Å². The Labute approximate surface area is 155 Å². The van der Waals surface area contributed by atoms with Crippen molar-refractivity contribution in [1.29, 1.82) is 0 Å². The molecule has 1 fully saturated rings. The molecule has 0 N–H and O–H groups in total. The summed E-state index contributed by atoms with van der Waals surface area (Å²) in [6, 6.07) is 15.9. The lowest BCUT2D eigenvalue weighted by Crippen LogP contribution is -2.49. The number of piperazine rings is 1. The number of hydrogen-bond acceptors (Lipinski definition) is 4. The summed E-state index contributed by atoms with van der Waals surface area (Å²) in [6.45, 7) is 4.30. The van der Waals surface area contributed by atoms with Gasteiger partial charge in [0.25, 0.3) is 5.91 Å². The van der Waals surface area contributed by atoms with Gasteiger partial charge in [-0.15, -0.1) is 0 Å². The van der Waals surface area contributed by atoms with Crippen molar-refractivity contribution in [3.05, 3.63) is 59.7 Å². The standard InChI is InChI=1S/C21H26N2O3/c1-25-18-8-9-19(20(16-18)26-2)21(24)23-14-12-22(13-15-23)11-10-17-6-4-3-5-7-17/h3-9,16H,10-15H2,1-2H3. The fourth-order valence-corrected chi connectivity index (χ4v) is 3.25. The van der Waals surface area contributed by atoms with E-state index in [-0.39, 0.29) is 5.91 Å². The Morgan fingerprint density at radius 3 is 2.35 bits per heavy atom. The number of carbonyl (C=O) groups is 1. The molecule has 1 heterocycles. The third kappa shape index (κ3) is 4.35. The number of methoxy groups -OCH3 is 2. The van der Waals surface area contributed by atoms with E-state index >= 15 is 0 Å². The van der Waals surface area contributed by atoms with Crippen LogP contribution in [-0.4, -0.2) is 62.7 Å². The Balaban J connectivity index is 1.55. The lowest BCUT2D eigenvalue weighted by Gasteiger charge is -2.35. The minimum atomic E-state index is 0.0206. The molecule has 1 saturated heterocycles. The number of nitrogens with zero attached hydrogens (tertiary/aromatic N) is 2. The predicted octanol–water partition coefficient (Wildman–Crippen LogP) is 2.70. The number of rotatable bonds is 6. The summed E-state index contributed by atoms with van der Waals surface area (Å²) < 4.78 is 10.6. The van der Waals surface area contributed by atoms with E-state index in [9.17, 15) is 4.79 Å². The minimum absolute atomic E-state index is 0.0206. The number of hydrogen-bond donors (Lipinski definition) is 0. The van der Waals surface area contributed by atoms with E-state index in [1.807, 2.05) is 11.0 Å². The molecule has 0 aromatic heterocycles. The molecule has 1 aliphatic rings. The molecule has 0 radical (unpaired) electrons. The lowest BCUT2D eigenvalue weighted by atomic mass is 10.1. The highest BCUT2D eigenvalue weighted by Crippen LogP contribution is 2.26. The highest BCUT2D eigenvalue weighted by molar-refractivity contribution is 5.97. The van der Waals surface area contributed by atoms with E-state index in [1.54, 1.807) is 32.4 Å². The van der Waals surface area contributed by atoms with Crippen molar-refractivity contribution < 1.29 is 14.3 Å². The topological polar surface area (TPSA) is 42.0 Å².